The van der Waals surface area contributed by atoms with Crippen molar-refractivity contribution in [3.05, 3.63) is 45.1 Å². The third-order valence-electron chi connectivity index (χ3n) is 3.21. The van der Waals surface area contributed by atoms with Crippen molar-refractivity contribution in [2.45, 2.75) is 13.0 Å². The lowest BCUT2D eigenvalue weighted by atomic mass is 10.3. The number of carbonyl (C=O) groups excluding carboxylic acids is 2. The minimum atomic E-state index is -0.593. The summed E-state index contributed by atoms with van der Waals surface area (Å²) < 4.78 is 1.40. The fraction of sp³-hybridized carbons (Fsp3) is 0.143. The van der Waals surface area contributed by atoms with Crippen molar-refractivity contribution in [1.82, 2.24) is 9.55 Å². The highest BCUT2D eigenvalue weighted by molar-refractivity contribution is 7.16. The Kier molecular flexibility index (Phi) is 4.22. The number of rotatable bonds is 5. The number of primary amides is 1. The number of amides is 2. The summed E-state index contributed by atoms with van der Waals surface area (Å²) in [6.07, 6.45) is 1.53. The first-order valence-corrected chi connectivity index (χ1v) is 8.42. The predicted octanol–water partition coefficient (Wildman–Crippen LogP) is 1.65. The van der Waals surface area contributed by atoms with Gasteiger partial charge in [0.25, 0.3) is 11.5 Å². The van der Waals surface area contributed by atoms with Gasteiger partial charge in [0.1, 0.15) is 9.83 Å². The van der Waals surface area contributed by atoms with Crippen molar-refractivity contribution >= 4 is 49.7 Å². The molecule has 3 N–H and O–H groups in total. The highest BCUT2D eigenvalue weighted by Crippen LogP contribution is 2.22. The molecular formula is C14H12N4O3S2. The van der Waals surface area contributed by atoms with Gasteiger partial charge in [0, 0.05) is 13.0 Å². The van der Waals surface area contributed by atoms with Crippen LogP contribution in [0.25, 0.3) is 10.2 Å². The van der Waals surface area contributed by atoms with Crippen LogP contribution in [0.15, 0.2) is 34.0 Å². The van der Waals surface area contributed by atoms with E-state index in [0.717, 1.165) is 0 Å². The van der Waals surface area contributed by atoms with Gasteiger partial charge < -0.3 is 11.1 Å². The minimum absolute atomic E-state index is 0.0906. The molecule has 0 aromatic carbocycles. The van der Waals surface area contributed by atoms with E-state index in [1.807, 2.05) is 0 Å². The summed E-state index contributed by atoms with van der Waals surface area (Å²) in [5.41, 5.74) is 5.34. The molecule has 0 aliphatic heterocycles. The monoisotopic (exact) mass is 348 g/mol. The highest BCUT2D eigenvalue weighted by atomic mass is 32.1. The standard InChI is InChI=1S/C14H12N4O3S2/c15-11(20)8-2-5-23-13(8)17-10(19)1-4-18-7-16-12-9(14(18)21)3-6-22-12/h2-3,5-7H,1,4H2,(H2,15,20)(H,17,19). The predicted molar refractivity (Wildman–Crippen MR) is 90.0 cm³/mol. The van der Waals surface area contributed by atoms with Gasteiger partial charge in [-0.3, -0.25) is 19.0 Å². The Morgan fingerprint density at radius 1 is 1.26 bits per heavy atom. The summed E-state index contributed by atoms with van der Waals surface area (Å²) in [7, 11) is 0. The maximum atomic E-state index is 12.2. The maximum Gasteiger partial charge on any atom is 0.262 e. The second-order valence-corrected chi connectivity index (χ2v) is 6.52. The van der Waals surface area contributed by atoms with E-state index < -0.39 is 5.91 Å². The van der Waals surface area contributed by atoms with Gasteiger partial charge in [-0.25, -0.2) is 4.98 Å². The lowest BCUT2D eigenvalue weighted by Gasteiger charge is -2.06. The number of thiophene rings is 2. The first kappa shape index (κ1) is 15.4. The smallest absolute Gasteiger partial charge is 0.262 e. The second kappa shape index (κ2) is 6.31. The molecule has 0 fully saturated rings. The van der Waals surface area contributed by atoms with E-state index in [2.05, 4.69) is 10.3 Å². The average molecular weight is 348 g/mol. The average Bonchev–Trinajstić information content (AvgIpc) is 3.15. The molecule has 0 bridgehead atoms. The molecule has 118 valence electrons. The molecule has 0 atom stereocenters. The first-order valence-electron chi connectivity index (χ1n) is 6.66. The van der Waals surface area contributed by atoms with Crippen LogP contribution in [0.5, 0.6) is 0 Å². The highest BCUT2D eigenvalue weighted by Gasteiger charge is 2.13. The van der Waals surface area contributed by atoms with E-state index in [0.29, 0.717) is 15.2 Å². The summed E-state index contributed by atoms with van der Waals surface area (Å²) in [6.45, 7) is 0.209. The molecule has 0 unspecified atom stereocenters. The molecule has 0 radical (unpaired) electrons. The number of nitrogens with zero attached hydrogens (tertiary/aromatic N) is 2. The number of carbonyl (C=O) groups is 2. The minimum Gasteiger partial charge on any atom is -0.366 e. The van der Waals surface area contributed by atoms with Crippen molar-refractivity contribution in [3.8, 4) is 0 Å². The molecule has 2 amide bonds. The van der Waals surface area contributed by atoms with Gasteiger partial charge in [0.15, 0.2) is 0 Å². The van der Waals surface area contributed by atoms with Crippen molar-refractivity contribution in [2.75, 3.05) is 5.32 Å². The largest absolute Gasteiger partial charge is 0.366 e. The molecule has 23 heavy (non-hydrogen) atoms. The Hall–Kier alpha value is -2.52. The van der Waals surface area contributed by atoms with Gasteiger partial charge in [-0.1, -0.05) is 0 Å². The molecule has 3 rings (SSSR count). The van der Waals surface area contributed by atoms with E-state index in [4.69, 9.17) is 5.73 Å². The number of anilines is 1. The lowest BCUT2D eigenvalue weighted by molar-refractivity contribution is -0.116. The molecule has 0 spiro atoms. The normalized spacial score (nSPS) is 10.8. The maximum absolute atomic E-state index is 12.2. The first-order chi connectivity index (χ1) is 11.1. The Labute approximate surface area is 138 Å². The summed E-state index contributed by atoms with van der Waals surface area (Å²) in [5.74, 6) is -0.892. The van der Waals surface area contributed by atoms with Crippen LogP contribution in [0.4, 0.5) is 5.00 Å². The Balaban J connectivity index is 1.68. The Morgan fingerprint density at radius 3 is 2.83 bits per heavy atom. The fourth-order valence-electron chi connectivity index (χ4n) is 2.06. The van der Waals surface area contributed by atoms with E-state index >= 15 is 0 Å². The molecule has 0 saturated heterocycles. The third kappa shape index (κ3) is 3.15. The number of hydrogen-bond acceptors (Lipinski definition) is 6. The molecular weight excluding hydrogens is 336 g/mol. The van der Waals surface area contributed by atoms with Gasteiger partial charge >= 0.3 is 0 Å². The third-order valence-corrected chi connectivity index (χ3v) is 4.86. The van der Waals surface area contributed by atoms with Crippen LogP contribution in [0.3, 0.4) is 0 Å². The van der Waals surface area contributed by atoms with Gasteiger partial charge in [0.05, 0.1) is 17.3 Å². The SMILES string of the molecule is NC(=O)c1ccsc1NC(=O)CCn1cnc2sccc2c1=O. The van der Waals surface area contributed by atoms with E-state index in [9.17, 15) is 14.4 Å². The Bertz CT molecular complexity index is 941. The van der Waals surface area contributed by atoms with Crippen LogP contribution < -0.4 is 16.6 Å². The molecule has 3 heterocycles. The molecule has 0 aliphatic carbocycles. The van der Waals surface area contributed by atoms with Crippen LogP contribution >= 0.6 is 22.7 Å². The summed E-state index contributed by atoms with van der Waals surface area (Å²) >= 11 is 2.62. The van der Waals surface area contributed by atoms with E-state index in [1.165, 1.54) is 33.6 Å². The van der Waals surface area contributed by atoms with E-state index in [1.54, 1.807) is 22.9 Å². The van der Waals surface area contributed by atoms with Crippen LogP contribution in [0.1, 0.15) is 16.8 Å². The molecule has 9 heteroatoms. The number of aryl methyl sites for hydroxylation is 1. The fourth-order valence-corrected chi connectivity index (χ4v) is 3.60. The van der Waals surface area contributed by atoms with E-state index in [-0.39, 0.29) is 30.0 Å². The Morgan fingerprint density at radius 2 is 2.04 bits per heavy atom. The number of aromatic nitrogens is 2. The second-order valence-electron chi connectivity index (χ2n) is 4.71. The van der Waals surface area contributed by atoms with Crippen molar-refractivity contribution < 1.29 is 9.59 Å². The molecule has 3 aromatic heterocycles. The van der Waals surface area contributed by atoms with Crippen LogP contribution in [0, 0.1) is 0 Å². The van der Waals surface area contributed by atoms with Gasteiger partial charge in [0.2, 0.25) is 5.91 Å². The zero-order valence-electron chi connectivity index (χ0n) is 11.8. The summed E-state index contributed by atoms with van der Waals surface area (Å²) in [4.78, 5) is 40.3. The van der Waals surface area contributed by atoms with Crippen molar-refractivity contribution in [1.29, 1.82) is 0 Å². The zero-order valence-corrected chi connectivity index (χ0v) is 13.4. The quantitative estimate of drug-likeness (QED) is 0.731. The molecule has 3 aromatic rings. The van der Waals surface area contributed by atoms with Crippen molar-refractivity contribution in [2.24, 2.45) is 5.73 Å². The van der Waals surface area contributed by atoms with Crippen LogP contribution in [-0.4, -0.2) is 21.4 Å². The van der Waals surface area contributed by atoms with Crippen molar-refractivity contribution in [3.63, 3.8) is 0 Å². The molecule has 0 saturated carbocycles. The lowest BCUT2D eigenvalue weighted by Crippen LogP contribution is -2.23. The number of hydrogen-bond donors (Lipinski definition) is 2. The number of nitrogens with two attached hydrogens (primary N) is 1. The molecule has 7 nitrogen and oxygen atoms in total. The van der Waals surface area contributed by atoms with Crippen LogP contribution in [0.2, 0.25) is 0 Å². The van der Waals surface area contributed by atoms with Gasteiger partial charge in [-0.2, -0.15) is 0 Å². The van der Waals surface area contributed by atoms with Gasteiger partial charge in [-0.15, -0.1) is 22.7 Å². The summed E-state index contributed by atoms with van der Waals surface area (Å²) in [6, 6.07) is 3.28. The van der Waals surface area contributed by atoms with Gasteiger partial charge in [-0.05, 0) is 22.9 Å². The topological polar surface area (TPSA) is 107 Å². The molecule has 0 aliphatic rings. The number of nitrogens with one attached hydrogen (secondary N) is 1. The number of fused-ring (bicyclic) bond motifs is 1. The zero-order chi connectivity index (χ0) is 16.4. The van der Waals surface area contributed by atoms with Crippen LogP contribution in [-0.2, 0) is 11.3 Å². The summed E-state index contributed by atoms with van der Waals surface area (Å²) in [5, 5.41) is 7.08.